The number of hydrogen-bond acceptors (Lipinski definition) is 4. The van der Waals surface area contributed by atoms with Crippen LogP contribution in [0.5, 0.6) is 5.75 Å². The number of ether oxygens (including phenoxy) is 1. The summed E-state index contributed by atoms with van der Waals surface area (Å²) in [6.45, 7) is 1.74. The van der Waals surface area contributed by atoms with E-state index in [1.54, 1.807) is 19.1 Å². The minimum Gasteiger partial charge on any atom is -0.462 e. The maximum absolute atomic E-state index is 11.8. The summed E-state index contributed by atoms with van der Waals surface area (Å²) in [6.07, 6.45) is 2.97. The topological polar surface area (TPSA) is 56.5 Å². The normalized spacial score (nSPS) is 14.6. The Morgan fingerprint density at radius 3 is 2.84 bits per heavy atom. The van der Waals surface area contributed by atoms with E-state index in [0.29, 0.717) is 22.3 Å². The molecular formula is C14H11ClO4. The fourth-order valence-electron chi connectivity index (χ4n) is 1.92. The van der Waals surface area contributed by atoms with Gasteiger partial charge < -0.3 is 9.15 Å². The number of esters is 1. The number of carbonyl (C=O) groups excluding carboxylic acids is 1. The summed E-state index contributed by atoms with van der Waals surface area (Å²) in [4.78, 5) is 23.5. The molecule has 0 unspecified atom stereocenters. The molecular weight excluding hydrogens is 268 g/mol. The smallest absolute Gasteiger partial charge is 0.314 e. The predicted molar refractivity (Wildman–Crippen MR) is 70.6 cm³/mol. The molecule has 0 atom stereocenters. The zero-order valence-corrected chi connectivity index (χ0v) is 11.0. The van der Waals surface area contributed by atoms with E-state index >= 15 is 0 Å². The van der Waals surface area contributed by atoms with Crippen molar-refractivity contribution in [2.75, 3.05) is 0 Å². The standard InChI is InChI=1S/C14H11ClO4/c1-7-11(19-14(17)8-2-3-8)5-4-9-12(16)10(15)6-18-13(7)9/h4-6,8H,2-3H2,1H3. The molecule has 98 valence electrons. The zero-order chi connectivity index (χ0) is 13.6. The van der Waals surface area contributed by atoms with Gasteiger partial charge in [0.25, 0.3) is 0 Å². The number of benzene rings is 1. The maximum atomic E-state index is 11.8. The number of rotatable bonds is 2. The van der Waals surface area contributed by atoms with Crippen LogP contribution in [0.25, 0.3) is 11.0 Å². The molecule has 0 amide bonds. The second-order valence-electron chi connectivity index (χ2n) is 4.67. The van der Waals surface area contributed by atoms with Gasteiger partial charge in [0.2, 0.25) is 5.43 Å². The lowest BCUT2D eigenvalue weighted by Crippen LogP contribution is -2.11. The van der Waals surface area contributed by atoms with E-state index < -0.39 is 0 Å². The van der Waals surface area contributed by atoms with E-state index in [1.165, 1.54) is 6.26 Å². The molecule has 0 bridgehead atoms. The number of aryl methyl sites for hydroxylation is 1. The van der Waals surface area contributed by atoms with Crippen LogP contribution in [0.2, 0.25) is 5.02 Å². The Labute approximate surface area is 113 Å². The average Bonchev–Trinajstić information content (AvgIpc) is 3.21. The van der Waals surface area contributed by atoms with Gasteiger partial charge in [-0.1, -0.05) is 11.6 Å². The van der Waals surface area contributed by atoms with Crippen molar-refractivity contribution < 1.29 is 13.9 Å². The van der Waals surface area contributed by atoms with Crippen LogP contribution in [-0.2, 0) is 4.79 Å². The van der Waals surface area contributed by atoms with Gasteiger partial charge >= 0.3 is 5.97 Å². The van der Waals surface area contributed by atoms with Crippen molar-refractivity contribution in [2.24, 2.45) is 5.92 Å². The number of carbonyl (C=O) groups is 1. The Morgan fingerprint density at radius 2 is 2.16 bits per heavy atom. The molecule has 2 aromatic rings. The van der Waals surface area contributed by atoms with Crippen LogP contribution in [0.4, 0.5) is 0 Å². The van der Waals surface area contributed by atoms with E-state index in [-0.39, 0.29) is 22.3 Å². The first-order chi connectivity index (χ1) is 9.08. The summed E-state index contributed by atoms with van der Waals surface area (Å²) in [7, 11) is 0. The lowest BCUT2D eigenvalue weighted by Gasteiger charge is -2.08. The lowest BCUT2D eigenvalue weighted by molar-refractivity contribution is -0.135. The summed E-state index contributed by atoms with van der Waals surface area (Å²) in [6, 6.07) is 3.17. The number of fused-ring (bicyclic) bond motifs is 1. The molecule has 1 heterocycles. The van der Waals surface area contributed by atoms with Gasteiger partial charge in [0.15, 0.2) is 0 Å². The summed E-state index contributed by atoms with van der Waals surface area (Å²) in [5.41, 5.74) is 0.738. The number of halogens is 1. The largest absolute Gasteiger partial charge is 0.462 e. The molecule has 5 heteroatoms. The Bertz CT molecular complexity index is 728. The second-order valence-corrected chi connectivity index (χ2v) is 5.08. The first kappa shape index (κ1) is 12.2. The van der Waals surface area contributed by atoms with E-state index in [9.17, 15) is 9.59 Å². The molecule has 19 heavy (non-hydrogen) atoms. The van der Waals surface area contributed by atoms with Crippen LogP contribution < -0.4 is 10.2 Å². The van der Waals surface area contributed by atoms with Gasteiger partial charge in [0.05, 0.1) is 11.3 Å². The first-order valence-corrected chi connectivity index (χ1v) is 6.38. The summed E-state index contributed by atoms with van der Waals surface area (Å²) in [5.74, 6) is 0.223. The fraction of sp³-hybridized carbons (Fsp3) is 0.286. The monoisotopic (exact) mass is 278 g/mol. The summed E-state index contributed by atoms with van der Waals surface area (Å²) < 4.78 is 10.6. The first-order valence-electron chi connectivity index (χ1n) is 6.00. The van der Waals surface area contributed by atoms with E-state index in [0.717, 1.165) is 12.8 Å². The third kappa shape index (κ3) is 2.12. The highest BCUT2D eigenvalue weighted by Gasteiger charge is 2.32. The van der Waals surface area contributed by atoms with E-state index in [1.807, 2.05) is 0 Å². The molecule has 3 rings (SSSR count). The fourth-order valence-corrected chi connectivity index (χ4v) is 2.06. The summed E-state index contributed by atoms with van der Waals surface area (Å²) >= 11 is 5.72. The molecule has 1 saturated carbocycles. The molecule has 1 aliphatic rings. The van der Waals surface area contributed by atoms with Crippen LogP contribution in [0.1, 0.15) is 18.4 Å². The molecule has 4 nitrogen and oxygen atoms in total. The van der Waals surface area contributed by atoms with Gasteiger partial charge in [-0.05, 0) is 31.9 Å². The second kappa shape index (κ2) is 4.38. The van der Waals surface area contributed by atoms with Crippen molar-refractivity contribution in [3.8, 4) is 5.75 Å². The van der Waals surface area contributed by atoms with Crippen LogP contribution >= 0.6 is 11.6 Å². The molecule has 0 spiro atoms. The summed E-state index contributed by atoms with van der Waals surface area (Å²) in [5, 5.41) is 0.422. The van der Waals surface area contributed by atoms with Crippen molar-refractivity contribution >= 4 is 28.5 Å². The molecule has 1 fully saturated rings. The quantitative estimate of drug-likeness (QED) is 0.626. The predicted octanol–water partition coefficient (Wildman–Crippen LogP) is 3.07. The van der Waals surface area contributed by atoms with Crippen molar-refractivity contribution in [2.45, 2.75) is 19.8 Å². The van der Waals surface area contributed by atoms with Crippen LogP contribution in [-0.4, -0.2) is 5.97 Å². The van der Waals surface area contributed by atoms with E-state index in [2.05, 4.69) is 0 Å². The van der Waals surface area contributed by atoms with Crippen molar-refractivity contribution in [1.82, 2.24) is 0 Å². The maximum Gasteiger partial charge on any atom is 0.314 e. The lowest BCUT2D eigenvalue weighted by atomic mass is 10.1. The van der Waals surface area contributed by atoms with Crippen LogP contribution in [0.15, 0.2) is 27.6 Å². The van der Waals surface area contributed by atoms with Crippen LogP contribution in [0.3, 0.4) is 0 Å². The highest BCUT2D eigenvalue weighted by atomic mass is 35.5. The zero-order valence-electron chi connectivity index (χ0n) is 10.2. The van der Waals surface area contributed by atoms with Gasteiger partial charge in [-0.25, -0.2) is 0 Å². The molecule has 1 aliphatic carbocycles. The highest BCUT2D eigenvalue weighted by molar-refractivity contribution is 6.30. The van der Waals surface area contributed by atoms with Gasteiger partial charge in [-0.2, -0.15) is 0 Å². The third-order valence-electron chi connectivity index (χ3n) is 3.22. The Balaban J connectivity index is 2.08. The molecule has 0 N–H and O–H groups in total. The number of hydrogen-bond donors (Lipinski definition) is 0. The van der Waals surface area contributed by atoms with Crippen molar-refractivity contribution in [3.05, 3.63) is 39.2 Å². The van der Waals surface area contributed by atoms with Crippen LogP contribution in [0, 0.1) is 12.8 Å². The van der Waals surface area contributed by atoms with Gasteiger partial charge in [-0.3, -0.25) is 9.59 Å². The molecule has 0 aliphatic heterocycles. The van der Waals surface area contributed by atoms with Gasteiger partial charge in [-0.15, -0.1) is 0 Å². The van der Waals surface area contributed by atoms with E-state index in [4.69, 9.17) is 20.8 Å². The minimum atomic E-state index is -0.286. The molecule has 1 aromatic carbocycles. The Kier molecular flexibility index (Phi) is 2.82. The van der Waals surface area contributed by atoms with Crippen molar-refractivity contribution in [3.63, 3.8) is 0 Å². The molecule has 0 radical (unpaired) electrons. The Morgan fingerprint density at radius 1 is 1.42 bits per heavy atom. The highest BCUT2D eigenvalue weighted by Crippen LogP contribution is 2.33. The molecule has 0 saturated heterocycles. The van der Waals surface area contributed by atoms with Gasteiger partial charge in [0.1, 0.15) is 22.6 Å². The Hall–Kier alpha value is -1.81. The van der Waals surface area contributed by atoms with Gasteiger partial charge in [0, 0.05) is 5.56 Å². The van der Waals surface area contributed by atoms with Crippen molar-refractivity contribution in [1.29, 1.82) is 0 Å². The molecule has 1 aromatic heterocycles. The minimum absolute atomic E-state index is 0.0207. The average molecular weight is 279 g/mol. The third-order valence-corrected chi connectivity index (χ3v) is 3.48. The SMILES string of the molecule is Cc1c(OC(=O)C2CC2)ccc2c(=O)c(Cl)coc12.